The van der Waals surface area contributed by atoms with Crippen LogP contribution in [0.25, 0.3) is 0 Å². The number of allylic oxidation sites excluding steroid dienone is 2. The molecule has 7 heteroatoms. The zero-order valence-corrected chi connectivity index (χ0v) is 23.1. The average Bonchev–Trinajstić information content (AvgIpc) is 3.20. The molecule has 5 atom stereocenters. The van der Waals surface area contributed by atoms with E-state index >= 15 is 0 Å². The fraction of sp³-hybridized carbons (Fsp3) is 0.667. The van der Waals surface area contributed by atoms with Crippen molar-refractivity contribution in [1.82, 2.24) is 0 Å². The molecule has 1 saturated carbocycles. The molecule has 0 bridgehead atoms. The van der Waals surface area contributed by atoms with E-state index in [2.05, 4.69) is 36.4 Å². The third-order valence-corrected chi connectivity index (χ3v) is 8.64. The SMILES string of the molecule is COC(CCCCCCC=C[C@H]1[C@H](SCCO)CC(=O)[C@@H]1CCCCCC(O)C(=O)O)c1ccccc1. The van der Waals surface area contributed by atoms with E-state index in [1.807, 2.05) is 6.07 Å². The molecule has 2 unspecified atom stereocenters. The van der Waals surface area contributed by atoms with Crippen molar-refractivity contribution in [3.8, 4) is 0 Å². The van der Waals surface area contributed by atoms with Gasteiger partial charge in [0.15, 0.2) is 6.10 Å². The fourth-order valence-electron chi connectivity index (χ4n) is 5.23. The van der Waals surface area contributed by atoms with Crippen LogP contribution < -0.4 is 0 Å². The average molecular weight is 535 g/mol. The summed E-state index contributed by atoms with van der Waals surface area (Å²) in [6, 6.07) is 10.4. The van der Waals surface area contributed by atoms with Gasteiger partial charge < -0.3 is 20.1 Å². The number of carboxylic acid groups (broad SMARTS) is 1. The summed E-state index contributed by atoms with van der Waals surface area (Å²) in [6.45, 7) is 0.122. The highest BCUT2D eigenvalue weighted by Gasteiger charge is 2.40. The van der Waals surface area contributed by atoms with Gasteiger partial charge in [-0.05, 0) is 43.6 Å². The van der Waals surface area contributed by atoms with Gasteiger partial charge in [-0.1, -0.05) is 81.0 Å². The van der Waals surface area contributed by atoms with Gasteiger partial charge in [-0.15, -0.1) is 0 Å². The molecule has 1 aromatic carbocycles. The van der Waals surface area contributed by atoms with Gasteiger partial charge in [-0.2, -0.15) is 11.8 Å². The Morgan fingerprint density at radius 3 is 2.49 bits per heavy atom. The Hall–Kier alpha value is -1.67. The van der Waals surface area contributed by atoms with Gasteiger partial charge in [0, 0.05) is 30.5 Å². The third kappa shape index (κ3) is 11.7. The first-order valence-electron chi connectivity index (χ1n) is 13.9. The molecular formula is C30H46O6S. The lowest BCUT2D eigenvalue weighted by Crippen LogP contribution is -2.19. The van der Waals surface area contributed by atoms with Crippen molar-refractivity contribution in [3.05, 3.63) is 48.0 Å². The molecule has 0 saturated heterocycles. The summed E-state index contributed by atoms with van der Waals surface area (Å²) >= 11 is 1.70. The summed E-state index contributed by atoms with van der Waals surface area (Å²) in [4.78, 5) is 23.5. The zero-order valence-electron chi connectivity index (χ0n) is 22.3. The number of aliphatic carboxylic acids is 1. The second-order valence-corrected chi connectivity index (χ2v) is 11.4. The zero-order chi connectivity index (χ0) is 26.9. The van der Waals surface area contributed by atoms with Crippen LogP contribution in [0.5, 0.6) is 0 Å². The Bertz CT molecular complexity index is 799. The summed E-state index contributed by atoms with van der Waals surface area (Å²) < 4.78 is 5.67. The second-order valence-electron chi connectivity index (χ2n) is 10.0. The molecule has 37 heavy (non-hydrogen) atoms. The molecule has 0 spiro atoms. The molecule has 1 aromatic rings. The van der Waals surface area contributed by atoms with E-state index in [4.69, 9.17) is 9.84 Å². The maximum absolute atomic E-state index is 12.8. The van der Waals surface area contributed by atoms with Crippen molar-refractivity contribution in [2.75, 3.05) is 19.5 Å². The number of hydrogen-bond acceptors (Lipinski definition) is 6. The molecule has 3 N–H and O–H groups in total. The van der Waals surface area contributed by atoms with Crippen LogP contribution in [0, 0.1) is 11.8 Å². The van der Waals surface area contributed by atoms with Crippen LogP contribution in [0.2, 0.25) is 0 Å². The number of carboxylic acids is 1. The molecule has 0 heterocycles. The third-order valence-electron chi connectivity index (χ3n) is 7.31. The molecule has 1 fully saturated rings. The highest BCUT2D eigenvalue weighted by molar-refractivity contribution is 8.00. The van der Waals surface area contributed by atoms with Crippen LogP contribution in [0.4, 0.5) is 0 Å². The van der Waals surface area contributed by atoms with Crippen molar-refractivity contribution < 1.29 is 29.6 Å². The van der Waals surface area contributed by atoms with Gasteiger partial charge in [-0.3, -0.25) is 4.79 Å². The number of aliphatic hydroxyl groups excluding tert-OH is 2. The first kappa shape index (κ1) is 31.5. The number of Topliss-reactive ketones (excluding diaryl/α,β-unsaturated/α-hetero) is 1. The van der Waals surface area contributed by atoms with Gasteiger partial charge in [-0.25, -0.2) is 4.79 Å². The number of carbonyl (C=O) groups excluding carboxylic acids is 1. The number of aliphatic hydroxyl groups is 2. The number of rotatable bonds is 20. The van der Waals surface area contributed by atoms with E-state index in [9.17, 15) is 19.8 Å². The van der Waals surface area contributed by atoms with E-state index in [0.717, 1.165) is 44.9 Å². The quantitative estimate of drug-likeness (QED) is 0.140. The number of benzene rings is 1. The highest BCUT2D eigenvalue weighted by Crippen LogP contribution is 2.40. The topological polar surface area (TPSA) is 104 Å². The Labute approximate surface area is 226 Å². The molecule has 6 nitrogen and oxygen atoms in total. The number of carbonyl (C=O) groups is 2. The first-order valence-corrected chi connectivity index (χ1v) is 14.9. The van der Waals surface area contributed by atoms with Crippen LogP contribution in [0.1, 0.15) is 88.7 Å². The maximum Gasteiger partial charge on any atom is 0.332 e. The van der Waals surface area contributed by atoms with Crippen LogP contribution in [-0.4, -0.2) is 57.9 Å². The van der Waals surface area contributed by atoms with E-state index in [1.165, 1.54) is 18.4 Å². The molecule has 0 amide bonds. The molecule has 2 rings (SSSR count). The van der Waals surface area contributed by atoms with Gasteiger partial charge in [0.25, 0.3) is 0 Å². The number of ketones is 1. The first-order chi connectivity index (χ1) is 18.0. The number of thioether (sulfide) groups is 1. The van der Waals surface area contributed by atoms with Crippen LogP contribution >= 0.6 is 11.8 Å². The molecule has 208 valence electrons. The Kier molecular flexibility index (Phi) is 15.8. The molecule has 0 aromatic heterocycles. The largest absolute Gasteiger partial charge is 0.479 e. The van der Waals surface area contributed by atoms with Crippen LogP contribution in [0.3, 0.4) is 0 Å². The lowest BCUT2D eigenvalue weighted by Gasteiger charge is -2.20. The summed E-state index contributed by atoms with van der Waals surface area (Å²) in [6.07, 6.45) is 13.9. The summed E-state index contributed by atoms with van der Waals surface area (Å²) in [5, 5.41) is 27.7. The number of unbranched alkanes of at least 4 members (excludes halogenated alkanes) is 6. The van der Waals surface area contributed by atoms with Crippen molar-refractivity contribution in [2.24, 2.45) is 11.8 Å². The molecule has 0 radical (unpaired) electrons. The Morgan fingerprint density at radius 2 is 1.78 bits per heavy atom. The molecule has 1 aliphatic rings. The standard InChI is InChI=1S/C30H46O6S/c1-36-28(23-14-8-6-9-15-23)19-13-5-3-2-4-10-17-25-24(27(33)22-29(25)37-21-20-31)16-11-7-12-18-26(32)30(34)35/h6,8-10,14-15,17,24-26,28-29,31-32H,2-5,7,11-13,16,18-22H2,1H3,(H,34,35)/t24-,25-,26?,28?,29-/m1/s1. The van der Waals surface area contributed by atoms with Gasteiger partial charge in [0.05, 0.1) is 12.7 Å². The van der Waals surface area contributed by atoms with Crippen LogP contribution in [0.15, 0.2) is 42.5 Å². The smallest absolute Gasteiger partial charge is 0.332 e. The van der Waals surface area contributed by atoms with Crippen LogP contribution in [-0.2, 0) is 14.3 Å². The van der Waals surface area contributed by atoms with Crippen molar-refractivity contribution in [3.63, 3.8) is 0 Å². The fourth-order valence-corrected chi connectivity index (χ4v) is 6.43. The molecule has 1 aliphatic carbocycles. The van der Waals surface area contributed by atoms with Gasteiger partial charge in [0.1, 0.15) is 5.78 Å². The highest BCUT2D eigenvalue weighted by atomic mass is 32.2. The Morgan fingerprint density at radius 1 is 1.08 bits per heavy atom. The maximum atomic E-state index is 12.8. The predicted molar refractivity (Wildman–Crippen MR) is 150 cm³/mol. The minimum atomic E-state index is -1.30. The number of hydrogen-bond donors (Lipinski definition) is 3. The lowest BCUT2D eigenvalue weighted by atomic mass is 9.89. The molecular weight excluding hydrogens is 488 g/mol. The monoisotopic (exact) mass is 534 g/mol. The Balaban J connectivity index is 1.72. The van der Waals surface area contributed by atoms with Gasteiger partial charge >= 0.3 is 5.97 Å². The second kappa shape index (κ2) is 18.6. The summed E-state index contributed by atoms with van der Waals surface area (Å²) in [5.41, 5.74) is 1.24. The van der Waals surface area contributed by atoms with E-state index in [-0.39, 0.29) is 36.2 Å². The van der Waals surface area contributed by atoms with E-state index in [0.29, 0.717) is 24.4 Å². The van der Waals surface area contributed by atoms with Gasteiger partial charge in [0.2, 0.25) is 0 Å². The van der Waals surface area contributed by atoms with Crippen molar-refractivity contribution >= 4 is 23.5 Å². The normalized spacial score (nSPS) is 21.5. The lowest BCUT2D eigenvalue weighted by molar-refractivity contribution is -0.147. The summed E-state index contributed by atoms with van der Waals surface area (Å²) in [7, 11) is 1.78. The summed E-state index contributed by atoms with van der Waals surface area (Å²) in [5.74, 6) is -0.0241. The number of ether oxygens (including phenoxy) is 1. The van der Waals surface area contributed by atoms with Crippen molar-refractivity contribution in [2.45, 2.75) is 94.5 Å². The van der Waals surface area contributed by atoms with Crippen molar-refractivity contribution in [1.29, 1.82) is 0 Å². The minimum Gasteiger partial charge on any atom is -0.479 e. The van der Waals surface area contributed by atoms with E-state index in [1.54, 1.807) is 18.9 Å². The predicted octanol–water partition coefficient (Wildman–Crippen LogP) is 5.97. The minimum absolute atomic E-state index is 0.000744. The molecule has 0 aliphatic heterocycles. The van der Waals surface area contributed by atoms with E-state index < -0.39 is 12.1 Å². The number of methoxy groups -OCH3 is 1.